The molecule has 3 nitrogen and oxygen atoms in total. The highest BCUT2D eigenvalue weighted by Crippen LogP contribution is 2.18. The molecular formula is C17H17IO3. The van der Waals surface area contributed by atoms with Gasteiger partial charge in [-0.25, -0.2) is 0 Å². The SMILES string of the molecule is CCCOc1ccc(OCC(=O)c2ccc(I)cc2)cc1. The molecule has 0 N–H and O–H groups in total. The van der Waals surface area contributed by atoms with Crippen molar-refractivity contribution in [3.05, 3.63) is 57.7 Å². The van der Waals surface area contributed by atoms with Crippen molar-refractivity contribution >= 4 is 28.4 Å². The maximum absolute atomic E-state index is 12.0. The maximum Gasteiger partial charge on any atom is 0.200 e. The van der Waals surface area contributed by atoms with E-state index in [1.54, 1.807) is 0 Å². The van der Waals surface area contributed by atoms with Crippen molar-refractivity contribution in [3.8, 4) is 11.5 Å². The molecular weight excluding hydrogens is 379 g/mol. The van der Waals surface area contributed by atoms with Gasteiger partial charge in [-0.05, 0) is 65.4 Å². The lowest BCUT2D eigenvalue weighted by molar-refractivity contribution is 0.0921. The molecule has 0 amide bonds. The highest BCUT2D eigenvalue weighted by atomic mass is 127. The van der Waals surface area contributed by atoms with E-state index in [4.69, 9.17) is 9.47 Å². The molecule has 0 aliphatic rings. The molecule has 4 heteroatoms. The van der Waals surface area contributed by atoms with Crippen LogP contribution in [0.5, 0.6) is 11.5 Å². The smallest absolute Gasteiger partial charge is 0.200 e. The fraction of sp³-hybridized carbons (Fsp3) is 0.235. The average molecular weight is 396 g/mol. The number of Topliss-reactive ketones (excluding diaryl/α,β-unsaturated/α-hetero) is 1. The van der Waals surface area contributed by atoms with Crippen LogP contribution in [0.3, 0.4) is 0 Å². The second kappa shape index (κ2) is 8.02. The van der Waals surface area contributed by atoms with Gasteiger partial charge in [-0.2, -0.15) is 0 Å². The van der Waals surface area contributed by atoms with Gasteiger partial charge in [0, 0.05) is 9.13 Å². The molecule has 0 bridgehead atoms. The number of carbonyl (C=O) groups is 1. The summed E-state index contributed by atoms with van der Waals surface area (Å²) in [6, 6.07) is 14.8. The number of ketones is 1. The molecule has 0 saturated heterocycles. The predicted octanol–water partition coefficient (Wildman–Crippen LogP) is 4.34. The minimum Gasteiger partial charge on any atom is -0.494 e. The summed E-state index contributed by atoms with van der Waals surface area (Å²) >= 11 is 2.21. The first-order chi connectivity index (χ1) is 10.2. The summed E-state index contributed by atoms with van der Waals surface area (Å²) in [4.78, 5) is 12.0. The number of ether oxygens (including phenoxy) is 2. The van der Waals surface area contributed by atoms with Gasteiger partial charge in [0.25, 0.3) is 0 Å². The summed E-state index contributed by atoms with van der Waals surface area (Å²) in [6.07, 6.45) is 0.975. The molecule has 21 heavy (non-hydrogen) atoms. The van der Waals surface area contributed by atoms with Crippen molar-refractivity contribution in [2.45, 2.75) is 13.3 Å². The van der Waals surface area contributed by atoms with Crippen LogP contribution in [0.4, 0.5) is 0 Å². The number of benzene rings is 2. The minimum absolute atomic E-state index is 0.0299. The van der Waals surface area contributed by atoms with Gasteiger partial charge < -0.3 is 9.47 Å². The van der Waals surface area contributed by atoms with Crippen LogP contribution in [0.25, 0.3) is 0 Å². The summed E-state index contributed by atoms with van der Waals surface area (Å²) in [7, 11) is 0. The standard InChI is InChI=1S/C17H17IO3/c1-2-11-20-15-7-9-16(10-8-15)21-12-17(19)13-3-5-14(18)6-4-13/h3-10H,2,11-12H2,1H3. The van der Waals surface area contributed by atoms with E-state index in [2.05, 4.69) is 29.5 Å². The van der Waals surface area contributed by atoms with Crippen LogP contribution in [-0.4, -0.2) is 19.0 Å². The highest BCUT2D eigenvalue weighted by molar-refractivity contribution is 14.1. The van der Waals surface area contributed by atoms with Crippen molar-refractivity contribution in [2.75, 3.05) is 13.2 Å². The lowest BCUT2D eigenvalue weighted by Gasteiger charge is -2.08. The van der Waals surface area contributed by atoms with Crippen molar-refractivity contribution in [3.63, 3.8) is 0 Å². The largest absolute Gasteiger partial charge is 0.494 e. The summed E-state index contributed by atoms with van der Waals surface area (Å²) < 4.78 is 12.1. The molecule has 0 atom stereocenters. The number of carbonyl (C=O) groups excluding carboxylic acids is 1. The number of hydrogen-bond donors (Lipinski definition) is 0. The topological polar surface area (TPSA) is 35.5 Å². The Morgan fingerprint density at radius 1 is 0.952 bits per heavy atom. The molecule has 0 spiro atoms. The molecule has 0 aliphatic heterocycles. The molecule has 0 radical (unpaired) electrons. The van der Waals surface area contributed by atoms with E-state index in [1.165, 1.54) is 0 Å². The normalized spacial score (nSPS) is 10.2. The molecule has 0 unspecified atom stereocenters. The van der Waals surface area contributed by atoms with Gasteiger partial charge in [0.1, 0.15) is 11.5 Å². The van der Waals surface area contributed by atoms with Crippen molar-refractivity contribution in [1.82, 2.24) is 0 Å². The second-order valence-electron chi connectivity index (χ2n) is 4.54. The van der Waals surface area contributed by atoms with Crippen molar-refractivity contribution < 1.29 is 14.3 Å². The van der Waals surface area contributed by atoms with Crippen LogP contribution >= 0.6 is 22.6 Å². The van der Waals surface area contributed by atoms with Gasteiger partial charge >= 0.3 is 0 Å². The van der Waals surface area contributed by atoms with Gasteiger partial charge in [-0.3, -0.25) is 4.79 Å². The van der Waals surface area contributed by atoms with Crippen LogP contribution in [0.1, 0.15) is 23.7 Å². The molecule has 2 rings (SSSR count). The number of halogens is 1. The van der Waals surface area contributed by atoms with Gasteiger partial charge in [0.2, 0.25) is 0 Å². The lowest BCUT2D eigenvalue weighted by atomic mass is 10.1. The summed E-state index contributed by atoms with van der Waals surface area (Å²) in [6.45, 7) is 2.80. The Morgan fingerprint density at radius 3 is 2.10 bits per heavy atom. The Hall–Kier alpha value is -1.56. The summed E-state index contributed by atoms with van der Waals surface area (Å²) in [5, 5.41) is 0. The van der Waals surface area contributed by atoms with Crippen LogP contribution in [-0.2, 0) is 0 Å². The Morgan fingerprint density at radius 2 is 1.52 bits per heavy atom. The Balaban J connectivity index is 1.87. The fourth-order valence-electron chi connectivity index (χ4n) is 1.72. The van der Waals surface area contributed by atoms with Crippen molar-refractivity contribution in [1.29, 1.82) is 0 Å². The summed E-state index contributed by atoms with van der Waals surface area (Å²) in [5.74, 6) is 1.45. The van der Waals surface area contributed by atoms with E-state index < -0.39 is 0 Å². The zero-order valence-electron chi connectivity index (χ0n) is 11.8. The van der Waals surface area contributed by atoms with Gasteiger partial charge in [-0.1, -0.05) is 19.1 Å². The number of hydrogen-bond acceptors (Lipinski definition) is 3. The molecule has 0 saturated carbocycles. The fourth-order valence-corrected chi connectivity index (χ4v) is 2.08. The molecule has 110 valence electrons. The van der Waals surface area contributed by atoms with E-state index in [-0.39, 0.29) is 12.4 Å². The van der Waals surface area contributed by atoms with Crippen LogP contribution in [0, 0.1) is 3.57 Å². The van der Waals surface area contributed by atoms with E-state index in [1.807, 2.05) is 48.5 Å². The van der Waals surface area contributed by atoms with Crippen LogP contribution in [0.2, 0.25) is 0 Å². The molecule has 2 aromatic rings. The third kappa shape index (κ3) is 5.04. The highest BCUT2D eigenvalue weighted by Gasteiger charge is 2.06. The first-order valence-corrected chi connectivity index (χ1v) is 7.91. The van der Waals surface area contributed by atoms with Crippen molar-refractivity contribution in [2.24, 2.45) is 0 Å². The average Bonchev–Trinajstić information content (AvgIpc) is 2.52. The van der Waals surface area contributed by atoms with Gasteiger partial charge in [0.05, 0.1) is 6.61 Å². The Kier molecular flexibility index (Phi) is 6.04. The number of rotatable bonds is 7. The Labute approximate surface area is 138 Å². The molecule has 0 fully saturated rings. The molecule has 2 aromatic carbocycles. The van der Waals surface area contributed by atoms with Gasteiger partial charge in [0.15, 0.2) is 12.4 Å². The first kappa shape index (κ1) is 15.8. The lowest BCUT2D eigenvalue weighted by Crippen LogP contribution is -2.11. The van der Waals surface area contributed by atoms with Crippen LogP contribution in [0.15, 0.2) is 48.5 Å². The summed E-state index contributed by atoms with van der Waals surface area (Å²) in [5.41, 5.74) is 0.665. The third-order valence-electron chi connectivity index (χ3n) is 2.83. The monoisotopic (exact) mass is 396 g/mol. The predicted molar refractivity (Wildman–Crippen MR) is 91.2 cm³/mol. The van der Waals surface area contributed by atoms with Gasteiger partial charge in [-0.15, -0.1) is 0 Å². The zero-order chi connectivity index (χ0) is 15.1. The van der Waals surface area contributed by atoms with E-state index in [0.717, 1.165) is 15.7 Å². The molecule has 0 heterocycles. The quantitative estimate of drug-likeness (QED) is 0.516. The zero-order valence-corrected chi connectivity index (χ0v) is 14.0. The van der Waals surface area contributed by atoms with Crippen LogP contribution < -0.4 is 9.47 Å². The van der Waals surface area contributed by atoms with E-state index in [0.29, 0.717) is 17.9 Å². The maximum atomic E-state index is 12.0. The Bertz CT molecular complexity index is 576. The third-order valence-corrected chi connectivity index (χ3v) is 3.55. The first-order valence-electron chi connectivity index (χ1n) is 6.83. The molecule has 0 aliphatic carbocycles. The van der Waals surface area contributed by atoms with E-state index in [9.17, 15) is 4.79 Å². The molecule has 0 aromatic heterocycles. The second-order valence-corrected chi connectivity index (χ2v) is 5.78. The van der Waals surface area contributed by atoms with E-state index >= 15 is 0 Å². The minimum atomic E-state index is -0.0299.